The lowest BCUT2D eigenvalue weighted by molar-refractivity contribution is -0.401. The molecule has 1 aromatic heterocycles. The topological polar surface area (TPSA) is 56.3 Å². The van der Waals surface area contributed by atoms with Crippen molar-refractivity contribution in [2.75, 3.05) is 0 Å². The van der Waals surface area contributed by atoms with Gasteiger partial charge in [-0.15, -0.1) is 0 Å². The summed E-state index contributed by atoms with van der Waals surface area (Å²) in [6, 6.07) is 8.34. The first-order valence-corrected chi connectivity index (χ1v) is 5.69. The quantitative estimate of drug-likeness (QED) is 0.615. The van der Waals surface area contributed by atoms with Crippen molar-refractivity contribution in [1.82, 2.24) is 0 Å². The summed E-state index contributed by atoms with van der Waals surface area (Å²) in [5.74, 6) is 0.910. The minimum atomic E-state index is -0.558. The van der Waals surface area contributed by atoms with Crippen molar-refractivity contribution in [3.63, 3.8) is 0 Å². The minimum Gasteiger partial charge on any atom is -0.456 e. The van der Waals surface area contributed by atoms with Crippen LogP contribution in [0.4, 0.5) is 0 Å². The Hall–Kier alpha value is -1.78. The van der Waals surface area contributed by atoms with Crippen LogP contribution in [0.1, 0.15) is 5.76 Å². The number of halogens is 2. The zero-order chi connectivity index (χ0) is 13.1. The normalized spacial score (nSPS) is 11.0. The summed E-state index contributed by atoms with van der Waals surface area (Å²) in [7, 11) is 0. The molecule has 92 valence electrons. The maximum atomic E-state index is 10.2. The average molecular weight is 284 g/mol. The molecule has 1 heterocycles. The van der Waals surface area contributed by atoms with Crippen molar-refractivity contribution in [2.45, 2.75) is 0 Å². The first-order chi connectivity index (χ1) is 8.56. The third-order valence-electron chi connectivity index (χ3n) is 2.18. The van der Waals surface area contributed by atoms with Crippen LogP contribution in [0.2, 0.25) is 10.0 Å². The monoisotopic (exact) mass is 283 g/mol. The van der Waals surface area contributed by atoms with Gasteiger partial charge in [0.2, 0.25) is 6.20 Å². The van der Waals surface area contributed by atoms with E-state index in [4.69, 9.17) is 27.6 Å². The van der Waals surface area contributed by atoms with Crippen molar-refractivity contribution in [3.05, 3.63) is 62.5 Å². The fourth-order valence-corrected chi connectivity index (χ4v) is 1.91. The van der Waals surface area contributed by atoms with E-state index in [-0.39, 0.29) is 0 Å². The Labute approximate surface area is 113 Å². The second-order valence-corrected chi connectivity index (χ2v) is 4.27. The Morgan fingerprint density at radius 1 is 1.22 bits per heavy atom. The van der Waals surface area contributed by atoms with Gasteiger partial charge in [-0.05, 0) is 30.3 Å². The molecule has 0 radical (unpaired) electrons. The lowest BCUT2D eigenvalue weighted by atomic mass is 10.2. The molecule has 0 unspecified atom stereocenters. The molecule has 0 saturated carbocycles. The SMILES string of the molecule is O=[N+]([O-])C=Cc1ccc(-c2ccc(Cl)cc2Cl)o1. The van der Waals surface area contributed by atoms with Crippen LogP contribution in [0.3, 0.4) is 0 Å². The summed E-state index contributed by atoms with van der Waals surface area (Å²) >= 11 is 11.8. The van der Waals surface area contributed by atoms with Gasteiger partial charge in [0, 0.05) is 10.6 Å². The highest BCUT2D eigenvalue weighted by Crippen LogP contribution is 2.31. The van der Waals surface area contributed by atoms with Crippen molar-refractivity contribution in [2.24, 2.45) is 0 Å². The Morgan fingerprint density at radius 3 is 2.67 bits per heavy atom. The molecule has 0 amide bonds. The molecule has 0 saturated heterocycles. The van der Waals surface area contributed by atoms with Gasteiger partial charge in [0.25, 0.3) is 0 Å². The standard InChI is InChI=1S/C12H7Cl2NO3/c13-8-1-3-10(11(14)7-8)12-4-2-9(18-12)5-6-15(16)17/h1-7H. The van der Waals surface area contributed by atoms with Gasteiger partial charge in [-0.2, -0.15) is 0 Å². The molecule has 0 fully saturated rings. The van der Waals surface area contributed by atoms with E-state index in [2.05, 4.69) is 0 Å². The molecule has 0 aliphatic rings. The van der Waals surface area contributed by atoms with E-state index < -0.39 is 4.92 Å². The van der Waals surface area contributed by atoms with Crippen molar-refractivity contribution < 1.29 is 9.34 Å². The number of hydrogen-bond donors (Lipinski definition) is 0. The zero-order valence-corrected chi connectivity index (χ0v) is 10.5. The first-order valence-electron chi connectivity index (χ1n) is 4.93. The fraction of sp³-hybridized carbons (Fsp3) is 0. The van der Waals surface area contributed by atoms with E-state index in [0.29, 0.717) is 27.1 Å². The minimum absolute atomic E-state index is 0.382. The maximum absolute atomic E-state index is 10.2. The van der Waals surface area contributed by atoms with E-state index in [1.807, 2.05) is 0 Å². The Kier molecular flexibility index (Phi) is 3.69. The van der Waals surface area contributed by atoms with Gasteiger partial charge in [0.15, 0.2) is 0 Å². The molecule has 0 N–H and O–H groups in total. The molecule has 0 aliphatic heterocycles. The van der Waals surface area contributed by atoms with E-state index in [9.17, 15) is 10.1 Å². The van der Waals surface area contributed by atoms with Crippen molar-refractivity contribution in [1.29, 1.82) is 0 Å². The predicted octanol–water partition coefficient (Wildman–Crippen LogP) is 4.50. The summed E-state index contributed by atoms with van der Waals surface area (Å²) in [5.41, 5.74) is 0.682. The molecule has 1 aromatic carbocycles. The molecule has 0 bridgehead atoms. The summed E-state index contributed by atoms with van der Waals surface area (Å²) in [5, 5.41) is 11.2. The van der Waals surface area contributed by atoms with Crippen LogP contribution >= 0.6 is 23.2 Å². The number of nitrogens with zero attached hydrogens (tertiary/aromatic N) is 1. The summed E-state index contributed by atoms with van der Waals surface area (Å²) in [4.78, 5) is 9.62. The summed E-state index contributed by atoms with van der Waals surface area (Å²) < 4.78 is 5.42. The van der Waals surface area contributed by atoms with Gasteiger partial charge in [-0.3, -0.25) is 10.1 Å². The largest absolute Gasteiger partial charge is 0.456 e. The summed E-state index contributed by atoms with van der Waals surface area (Å²) in [6.45, 7) is 0. The Morgan fingerprint density at radius 2 is 2.00 bits per heavy atom. The highest BCUT2D eigenvalue weighted by molar-refractivity contribution is 6.36. The van der Waals surface area contributed by atoms with Crippen LogP contribution in [-0.2, 0) is 0 Å². The van der Waals surface area contributed by atoms with E-state index in [0.717, 1.165) is 6.20 Å². The number of benzene rings is 1. The number of furan rings is 1. The van der Waals surface area contributed by atoms with Gasteiger partial charge < -0.3 is 4.42 Å². The molecule has 0 atom stereocenters. The van der Waals surface area contributed by atoms with Gasteiger partial charge in [0.05, 0.1) is 16.0 Å². The van der Waals surface area contributed by atoms with Crippen molar-refractivity contribution in [3.8, 4) is 11.3 Å². The van der Waals surface area contributed by atoms with Gasteiger partial charge in [0.1, 0.15) is 11.5 Å². The molecular weight excluding hydrogens is 277 g/mol. The molecule has 6 heteroatoms. The van der Waals surface area contributed by atoms with Crippen LogP contribution in [0, 0.1) is 10.1 Å². The molecule has 0 aliphatic carbocycles. The third-order valence-corrected chi connectivity index (χ3v) is 2.73. The number of rotatable bonds is 3. The lowest BCUT2D eigenvalue weighted by Gasteiger charge is -2.00. The maximum Gasteiger partial charge on any atom is 0.238 e. The van der Waals surface area contributed by atoms with Crippen LogP contribution < -0.4 is 0 Å². The molecule has 2 aromatic rings. The van der Waals surface area contributed by atoms with Crippen LogP contribution in [0.15, 0.2) is 40.9 Å². The number of hydrogen-bond acceptors (Lipinski definition) is 3. The molecule has 2 rings (SSSR count). The smallest absolute Gasteiger partial charge is 0.238 e. The van der Waals surface area contributed by atoms with Crippen molar-refractivity contribution >= 4 is 29.3 Å². The molecule has 18 heavy (non-hydrogen) atoms. The van der Waals surface area contributed by atoms with Gasteiger partial charge in [-0.25, -0.2) is 0 Å². The second-order valence-electron chi connectivity index (χ2n) is 3.43. The Bertz CT molecular complexity index is 620. The van der Waals surface area contributed by atoms with Crippen LogP contribution in [-0.4, -0.2) is 4.92 Å². The van der Waals surface area contributed by atoms with E-state index in [1.165, 1.54) is 6.08 Å². The second kappa shape index (κ2) is 5.25. The van der Waals surface area contributed by atoms with E-state index >= 15 is 0 Å². The molecule has 0 spiro atoms. The third kappa shape index (κ3) is 2.91. The fourth-order valence-electron chi connectivity index (χ4n) is 1.41. The number of nitro groups is 1. The Balaban J connectivity index is 2.32. The average Bonchev–Trinajstić information content (AvgIpc) is 2.75. The van der Waals surface area contributed by atoms with E-state index in [1.54, 1.807) is 30.3 Å². The summed E-state index contributed by atoms with van der Waals surface area (Å²) in [6.07, 6.45) is 2.08. The highest BCUT2D eigenvalue weighted by atomic mass is 35.5. The molecular formula is C12H7Cl2NO3. The van der Waals surface area contributed by atoms with Crippen LogP contribution in [0.5, 0.6) is 0 Å². The zero-order valence-electron chi connectivity index (χ0n) is 8.97. The lowest BCUT2D eigenvalue weighted by Crippen LogP contribution is -1.81. The highest BCUT2D eigenvalue weighted by Gasteiger charge is 2.08. The van der Waals surface area contributed by atoms with Crippen LogP contribution in [0.25, 0.3) is 17.4 Å². The predicted molar refractivity (Wildman–Crippen MR) is 70.2 cm³/mol. The first kappa shape index (κ1) is 12.7. The van der Waals surface area contributed by atoms with Gasteiger partial charge >= 0.3 is 0 Å². The van der Waals surface area contributed by atoms with Gasteiger partial charge in [-0.1, -0.05) is 23.2 Å². The molecule has 4 nitrogen and oxygen atoms in total.